The minimum atomic E-state index is 0.0238. The van der Waals surface area contributed by atoms with Crippen molar-refractivity contribution >= 4 is 5.71 Å². The molecule has 0 aromatic rings. The number of rotatable bonds is 2. The van der Waals surface area contributed by atoms with Gasteiger partial charge >= 0.3 is 0 Å². The third-order valence-electron chi connectivity index (χ3n) is 2.24. The van der Waals surface area contributed by atoms with Crippen molar-refractivity contribution in [2.24, 2.45) is 15.8 Å². The van der Waals surface area contributed by atoms with Gasteiger partial charge in [-0.2, -0.15) is 0 Å². The predicted molar refractivity (Wildman–Crippen MR) is 67.4 cm³/mol. The highest BCUT2D eigenvalue weighted by atomic mass is 16.5. The third-order valence-corrected chi connectivity index (χ3v) is 2.24. The Hall–Kier alpha value is -0.790. The van der Waals surface area contributed by atoms with Crippen molar-refractivity contribution in [3.8, 4) is 0 Å². The largest absolute Gasteiger partial charge is 0.500 e. The maximum absolute atomic E-state index is 5.42. The quantitative estimate of drug-likeness (QED) is 0.504. The highest BCUT2D eigenvalue weighted by Crippen LogP contribution is 2.28. The van der Waals surface area contributed by atoms with E-state index in [4.69, 9.17) is 4.74 Å². The Balaban J connectivity index is 5.17. The Morgan fingerprint density at radius 3 is 1.67 bits per heavy atom. The molecule has 88 valence electrons. The molecule has 0 fully saturated rings. The van der Waals surface area contributed by atoms with Crippen molar-refractivity contribution in [1.29, 1.82) is 0 Å². The fourth-order valence-electron chi connectivity index (χ4n) is 1.32. The Bertz CT molecular complexity index is 261. The lowest BCUT2D eigenvalue weighted by atomic mass is 9.86. The Kier molecular flexibility index (Phi) is 4.57. The van der Waals surface area contributed by atoms with E-state index in [-0.39, 0.29) is 10.8 Å². The normalized spacial score (nSPS) is 15.5. The van der Waals surface area contributed by atoms with Crippen LogP contribution in [0, 0.1) is 10.8 Å². The van der Waals surface area contributed by atoms with Gasteiger partial charge in [0.25, 0.3) is 0 Å². The molecule has 0 aliphatic carbocycles. The van der Waals surface area contributed by atoms with E-state index < -0.39 is 0 Å². The van der Waals surface area contributed by atoms with Crippen LogP contribution in [-0.4, -0.2) is 19.9 Å². The van der Waals surface area contributed by atoms with Gasteiger partial charge in [0.1, 0.15) is 5.76 Å². The van der Waals surface area contributed by atoms with Gasteiger partial charge in [-0.15, -0.1) is 0 Å². The highest BCUT2D eigenvalue weighted by molar-refractivity contribution is 5.99. The van der Waals surface area contributed by atoms with E-state index in [1.54, 1.807) is 7.11 Å². The Morgan fingerprint density at radius 2 is 1.47 bits per heavy atom. The summed E-state index contributed by atoms with van der Waals surface area (Å²) in [7, 11) is 3.54. The van der Waals surface area contributed by atoms with Crippen LogP contribution in [-0.2, 0) is 4.74 Å². The number of ether oxygens (including phenoxy) is 1. The molecule has 15 heavy (non-hydrogen) atoms. The first kappa shape index (κ1) is 14.2. The smallest absolute Gasteiger partial charge is 0.103 e. The first-order valence-corrected chi connectivity index (χ1v) is 5.36. The molecule has 0 atom stereocenters. The van der Waals surface area contributed by atoms with Crippen LogP contribution in [0.3, 0.4) is 0 Å². The molecule has 0 aliphatic heterocycles. The van der Waals surface area contributed by atoms with Crippen molar-refractivity contribution in [3.05, 3.63) is 11.8 Å². The minimum Gasteiger partial charge on any atom is -0.500 e. The lowest BCUT2D eigenvalue weighted by molar-refractivity contribution is 0.207. The molecule has 0 aromatic heterocycles. The highest BCUT2D eigenvalue weighted by Gasteiger charge is 2.22. The molecule has 0 heterocycles. The summed E-state index contributed by atoms with van der Waals surface area (Å²) in [6.45, 7) is 12.9. The van der Waals surface area contributed by atoms with Gasteiger partial charge in [-0.05, 0) is 6.08 Å². The molecule has 2 nitrogen and oxygen atoms in total. The van der Waals surface area contributed by atoms with E-state index in [0.717, 1.165) is 11.5 Å². The maximum Gasteiger partial charge on any atom is 0.103 e. The van der Waals surface area contributed by atoms with Crippen molar-refractivity contribution in [3.63, 3.8) is 0 Å². The monoisotopic (exact) mass is 211 g/mol. The number of methoxy groups -OCH3 is 1. The molecule has 0 N–H and O–H groups in total. The fourth-order valence-corrected chi connectivity index (χ4v) is 1.32. The van der Waals surface area contributed by atoms with Gasteiger partial charge in [-0.25, -0.2) is 0 Å². The lowest BCUT2D eigenvalue weighted by Gasteiger charge is -2.25. The predicted octanol–water partition coefficient (Wildman–Crippen LogP) is 3.68. The molecule has 0 unspecified atom stereocenters. The first-order chi connectivity index (χ1) is 6.62. The molecule has 0 saturated heterocycles. The van der Waals surface area contributed by atoms with E-state index in [1.165, 1.54) is 0 Å². The van der Waals surface area contributed by atoms with Gasteiger partial charge in [0.05, 0.1) is 7.11 Å². The summed E-state index contributed by atoms with van der Waals surface area (Å²) >= 11 is 0. The zero-order chi connectivity index (χ0) is 12.3. The van der Waals surface area contributed by atoms with Gasteiger partial charge in [-0.1, -0.05) is 41.5 Å². The van der Waals surface area contributed by atoms with Gasteiger partial charge < -0.3 is 4.74 Å². The second-order valence-corrected chi connectivity index (χ2v) is 5.82. The Morgan fingerprint density at radius 1 is 1.00 bits per heavy atom. The van der Waals surface area contributed by atoms with Crippen LogP contribution in [0.5, 0.6) is 0 Å². The van der Waals surface area contributed by atoms with Crippen molar-refractivity contribution < 1.29 is 4.74 Å². The van der Waals surface area contributed by atoms with Gasteiger partial charge in [0.2, 0.25) is 0 Å². The van der Waals surface area contributed by atoms with Crippen molar-refractivity contribution in [2.75, 3.05) is 14.2 Å². The fraction of sp³-hybridized carbons (Fsp3) is 0.769. The van der Waals surface area contributed by atoms with Crippen molar-refractivity contribution in [1.82, 2.24) is 0 Å². The second-order valence-electron chi connectivity index (χ2n) is 5.82. The molecule has 0 radical (unpaired) electrons. The van der Waals surface area contributed by atoms with Gasteiger partial charge in [0, 0.05) is 23.6 Å². The molecule has 0 spiro atoms. The van der Waals surface area contributed by atoms with Crippen LogP contribution in [0.4, 0.5) is 0 Å². The molecule has 0 aliphatic rings. The minimum absolute atomic E-state index is 0.0238. The summed E-state index contributed by atoms with van der Waals surface area (Å²) in [5.74, 6) is 0.970. The Labute approximate surface area is 94.4 Å². The average Bonchev–Trinajstić information content (AvgIpc) is 2.01. The van der Waals surface area contributed by atoms with Crippen LogP contribution in [0.2, 0.25) is 0 Å². The number of nitrogens with zero attached hydrogens (tertiary/aromatic N) is 1. The zero-order valence-electron chi connectivity index (χ0n) is 11.4. The summed E-state index contributed by atoms with van der Waals surface area (Å²) in [5.41, 5.74) is 1.15. The lowest BCUT2D eigenvalue weighted by Crippen LogP contribution is -2.21. The van der Waals surface area contributed by atoms with Gasteiger partial charge in [0.15, 0.2) is 0 Å². The van der Waals surface area contributed by atoms with Crippen LogP contribution in [0.25, 0.3) is 0 Å². The summed E-state index contributed by atoms with van der Waals surface area (Å²) in [6.07, 6.45) is 2.06. The van der Waals surface area contributed by atoms with Crippen LogP contribution in [0.15, 0.2) is 16.8 Å². The molecule has 0 amide bonds. The average molecular weight is 211 g/mol. The summed E-state index contributed by atoms with van der Waals surface area (Å²) in [6, 6.07) is 0. The van der Waals surface area contributed by atoms with Crippen molar-refractivity contribution in [2.45, 2.75) is 41.5 Å². The number of hydrogen-bond donors (Lipinski definition) is 0. The standard InChI is InChI=1S/C13H25NO/c1-12(2,3)10(14-7)9-11(15-8)13(4,5)6/h9H,1-8H3/b11-9-,14-10-. The molecule has 0 aromatic carbocycles. The second kappa shape index (κ2) is 4.82. The number of allylic oxidation sites excluding steroid dienone is 2. The topological polar surface area (TPSA) is 21.6 Å². The van der Waals surface area contributed by atoms with E-state index in [1.807, 2.05) is 7.05 Å². The van der Waals surface area contributed by atoms with E-state index in [9.17, 15) is 0 Å². The zero-order valence-corrected chi connectivity index (χ0v) is 11.4. The molecular weight excluding hydrogens is 186 g/mol. The van der Waals surface area contributed by atoms with E-state index in [0.29, 0.717) is 0 Å². The summed E-state index contributed by atoms with van der Waals surface area (Å²) in [4.78, 5) is 4.32. The number of aliphatic imine (C=N–C) groups is 1. The summed E-state index contributed by atoms with van der Waals surface area (Å²) in [5, 5.41) is 0. The molecular formula is C13H25NO. The van der Waals surface area contributed by atoms with Gasteiger partial charge in [-0.3, -0.25) is 4.99 Å². The van der Waals surface area contributed by atoms with E-state index >= 15 is 0 Å². The first-order valence-electron chi connectivity index (χ1n) is 5.36. The van der Waals surface area contributed by atoms with Crippen LogP contribution < -0.4 is 0 Å². The summed E-state index contributed by atoms with van der Waals surface area (Å²) < 4.78 is 5.42. The maximum atomic E-state index is 5.42. The SMILES string of the molecule is C/N=C(/C=C(\OC)C(C)(C)C)C(C)(C)C. The molecule has 0 bridgehead atoms. The van der Waals surface area contributed by atoms with E-state index in [2.05, 4.69) is 52.6 Å². The molecule has 0 saturated carbocycles. The molecule has 0 rings (SSSR count). The number of hydrogen-bond acceptors (Lipinski definition) is 2. The molecule has 2 heteroatoms. The third kappa shape index (κ3) is 4.50. The van der Waals surface area contributed by atoms with Crippen LogP contribution in [0.1, 0.15) is 41.5 Å². The van der Waals surface area contributed by atoms with Crippen LogP contribution >= 0.6 is 0 Å².